The number of rotatable bonds is 5. The monoisotopic (exact) mass is 434 g/mol. The second-order valence-corrected chi connectivity index (χ2v) is 9.76. The second-order valence-electron chi connectivity index (χ2n) is 6.59. The third kappa shape index (κ3) is 4.73. The van der Waals surface area contributed by atoms with Gasteiger partial charge in [0, 0.05) is 29.3 Å². The summed E-state index contributed by atoms with van der Waals surface area (Å²) in [4.78, 5) is 26.3. The lowest BCUT2D eigenvalue weighted by molar-refractivity contribution is -0.116. The Morgan fingerprint density at radius 2 is 2.00 bits per heavy atom. The zero-order valence-electron chi connectivity index (χ0n) is 16.3. The van der Waals surface area contributed by atoms with E-state index < -0.39 is 16.0 Å². The third-order valence-corrected chi connectivity index (χ3v) is 6.82. The topological polar surface area (TPSA) is 92.8 Å². The highest BCUT2D eigenvalue weighted by atomic mass is 32.2. The van der Waals surface area contributed by atoms with Crippen molar-refractivity contribution < 1.29 is 22.7 Å². The van der Waals surface area contributed by atoms with Crippen molar-refractivity contribution in [1.82, 2.24) is 0 Å². The molecule has 0 saturated carbocycles. The van der Waals surface area contributed by atoms with E-state index in [0.717, 1.165) is 4.90 Å². The quantitative estimate of drug-likeness (QED) is 0.724. The number of nitrogens with zero attached hydrogens (tertiary/aromatic N) is 1. The number of amides is 1. The van der Waals surface area contributed by atoms with Gasteiger partial charge in [-0.05, 0) is 43.3 Å². The third-order valence-electron chi connectivity index (χ3n) is 4.31. The molecular formula is C20H22N2O5S2. The van der Waals surface area contributed by atoms with Crippen LogP contribution in [0.25, 0.3) is 0 Å². The van der Waals surface area contributed by atoms with Crippen LogP contribution in [0.4, 0.5) is 11.4 Å². The Morgan fingerprint density at radius 3 is 2.69 bits per heavy atom. The molecule has 1 aliphatic rings. The van der Waals surface area contributed by atoms with Crippen LogP contribution in [0, 0.1) is 0 Å². The van der Waals surface area contributed by atoms with Crippen LogP contribution >= 0.6 is 11.8 Å². The molecule has 1 N–H and O–H groups in total. The molecule has 7 nitrogen and oxygen atoms in total. The molecule has 9 heteroatoms. The molecular weight excluding hydrogens is 412 g/mol. The number of carbonyl (C=O) groups excluding carboxylic acids is 2. The number of nitrogens with one attached hydrogen (secondary N) is 1. The summed E-state index contributed by atoms with van der Waals surface area (Å²) in [6.07, 6.45) is 0. The van der Waals surface area contributed by atoms with Crippen molar-refractivity contribution >= 4 is 45.0 Å². The SMILES string of the molecule is CCOC(=O)c1cccc(NS(=O)(=O)c2ccc3c(c2)SC(C)CN3C(C)=O)c1. The summed E-state index contributed by atoms with van der Waals surface area (Å²) in [5.41, 5.74) is 1.24. The number of carbonyl (C=O) groups is 2. The molecule has 0 saturated heterocycles. The maximum absolute atomic E-state index is 12.9. The lowest BCUT2D eigenvalue weighted by atomic mass is 10.2. The summed E-state index contributed by atoms with van der Waals surface area (Å²) in [5, 5.41) is 0.151. The van der Waals surface area contributed by atoms with Crippen LogP contribution in [0.5, 0.6) is 0 Å². The van der Waals surface area contributed by atoms with Crippen LogP contribution in [0.2, 0.25) is 0 Å². The zero-order chi connectivity index (χ0) is 21.2. The maximum Gasteiger partial charge on any atom is 0.338 e. The van der Waals surface area contributed by atoms with Crippen LogP contribution in [-0.2, 0) is 19.6 Å². The first kappa shape index (κ1) is 21.2. The van der Waals surface area contributed by atoms with E-state index in [0.29, 0.717) is 12.2 Å². The van der Waals surface area contributed by atoms with E-state index in [4.69, 9.17) is 4.74 Å². The number of hydrogen-bond acceptors (Lipinski definition) is 6. The fraction of sp³-hybridized carbons (Fsp3) is 0.300. The predicted octanol–water partition coefficient (Wildman–Crippen LogP) is 3.51. The van der Waals surface area contributed by atoms with Gasteiger partial charge in [-0.2, -0.15) is 0 Å². The number of sulfonamides is 1. The molecule has 0 spiro atoms. The molecule has 154 valence electrons. The van der Waals surface area contributed by atoms with Crippen LogP contribution in [0.1, 0.15) is 31.1 Å². The number of esters is 1. The highest BCUT2D eigenvalue weighted by Crippen LogP contribution is 2.39. The smallest absolute Gasteiger partial charge is 0.338 e. The molecule has 1 heterocycles. The van der Waals surface area contributed by atoms with E-state index in [1.807, 2.05) is 6.92 Å². The van der Waals surface area contributed by atoms with Crippen molar-refractivity contribution in [2.24, 2.45) is 0 Å². The van der Waals surface area contributed by atoms with Crippen LogP contribution < -0.4 is 9.62 Å². The maximum atomic E-state index is 12.9. The van der Waals surface area contributed by atoms with Gasteiger partial charge in [0.05, 0.1) is 22.8 Å². The molecule has 0 fully saturated rings. The molecule has 0 aliphatic carbocycles. The highest BCUT2D eigenvalue weighted by Gasteiger charge is 2.27. The van der Waals surface area contributed by atoms with Crippen molar-refractivity contribution in [3.8, 4) is 0 Å². The Bertz CT molecular complexity index is 1050. The molecule has 1 atom stereocenters. The van der Waals surface area contributed by atoms with Crippen LogP contribution in [0.15, 0.2) is 52.3 Å². The van der Waals surface area contributed by atoms with E-state index in [1.54, 1.807) is 42.2 Å². The van der Waals surface area contributed by atoms with Crippen molar-refractivity contribution in [3.05, 3.63) is 48.0 Å². The molecule has 1 aliphatic heterocycles. The van der Waals surface area contributed by atoms with E-state index in [-0.39, 0.29) is 33.9 Å². The number of fused-ring (bicyclic) bond motifs is 1. The molecule has 1 unspecified atom stereocenters. The number of anilines is 2. The molecule has 0 bridgehead atoms. The normalized spacial score (nSPS) is 16.1. The van der Waals surface area contributed by atoms with E-state index >= 15 is 0 Å². The Labute approximate surface area is 174 Å². The fourth-order valence-electron chi connectivity index (χ4n) is 3.02. The van der Waals surface area contributed by atoms with Crippen LogP contribution in [0.3, 0.4) is 0 Å². The van der Waals surface area contributed by atoms with Gasteiger partial charge < -0.3 is 9.64 Å². The van der Waals surface area contributed by atoms with Gasteiger partial charge in [0.25, 0.3) is 10.0 Å². The molecule has 2 aromatic rings. The molecule has 0 aromatic heterocycles. The summed E-state index contributed by atoms with van der Waals surface area (Å²) in [6, 6.07) is 10.8. The Hall–Kier alpha value is -2.52. The second kappa shape index (κ2) is 8.46. The largest absolute Gasteiger partial charge is 0.462 e. The van der Waals surface area contributed by atoms with Crippen molar-refractivity contribution in [2.45, 2.75) is 35.8 Å². The lowest BCUT2D eigenvalue weighted by Gasteiger charge is -2.32. The number of thioether (sulfide) groups is 1. The summed E-state index contributed by atoms with van der Waals surface area (Å²) >= 11 is 1.53. The molecule has 3 rings (SSSR count). The Morgan fingerprint density at radius 1 is 1.24 bits per heavy atom. The highest BCUT2D eigenvalue weighted by molar-refractivity contribution is 8.00. The molecule has 1 amide bonds. The average molecular weight is 435 g/mol. The van der Waals surface area contributed by atoms with Gasteiger partial charge in [-0.25, -0.2) is 13.2 Å². The van der Waals surface area contributed by atoms with E-state index in [9.17, 15) is 18.0 Å². The van der Waals surface area contributed by atoms with Crippen molar-refractivity contribution in [1.29, 1.82) is 0 Å². The number of hydrogen-bond donors (Lipinski definition) is 1. The Kier molecular flexibility index (Phi) is 6.18. The lowest BCUT2D eigenvalue weighted by Crippen LogP contribution is -2.37. The van der Waals surface area contributed by atoms with Crippen LogP contribution in [-0.4, -0.2) is 38.7 Å². The first-order valence-electron chi connectivity index (χ1n) is 9.10. The first-order valence-corrected chi connectivity index (χ1v) is 11.5. The Balaban J connectivity index is 1.89. The fourth-order valence-corrected chi connectivity index (χ4v) is 5.33. The van der Waals surface area contributed by atoms with Crippen molar-refractivity contribution in [2.75, 3.05) is 22.8 Å². The molecule has 0 radical (unpaired) electrons. The van der Waals surface area contributed by atoms with Gasteiger partial charge in [-0.3, -0.25) is 9.52 Å². The summed E-state index contributed by atoms with van der Waals surface area (Å²) in [5.74, 6) is -0.597. The number of ether oxygens (including phenoxy) is 1. The minimum Gasteiger partial charge on any atom is -0.462 e. The van der Waals surface area contributed by atoms with E-state index in [1.165, 1.54) is 30.8 Å². The molecule has 2 aromatic carbocycles. The van der Waals surface area contributed by atoms with Gasteiger partial charge in [0.1, 0.15) is 0 Å². The standard InChI is InChI=1S/C20H22N2O5S2/c1-4-27-20(24)15-6-5-7-16(10-15)21-29(25,26)17-8-9-18-19(11-17)28-13(2)12-22(18)14(3)23/h5-11,13,21H,4,12H2,1-3H3. The van der Waals surface area contributed by atoms with Crippen molar-refractivity contribution in [3.63, 3.8) is 0 Å². The summed E-state index contributed by atoms with van der Waals surface area (Å²) < 4.78 is 33.2. The molecule has 29 heavy (non-hydrogen) atoms. The summed E-state index contributed by atoms with van der Waals surface area (Å²) in [7, 11) is -3.88. The average Bonchev–Trinajstić information content (AvgIpc) is 2.66. The van der Waals surface area contributed by atoms with E-state index in [2.05, 4.69) is 4.72 Å². The minimum atomic E-state index is -3.88. The van der Waals surface area contributed by atoms with Gasteiger partial charge in [0.2, 0.25) is 5.91 Å². The van der Waals surface area contributed by atoms with Gasteiger partial charge in [0.15, 0.2) is 0 Å². The van der Waals surface area contributed by atoms with Gasteiger partial charge in [-0.1, -0.05) is 13.0 Å². The predicted molar refractivity (Wildman–Crippen MR) is 113 cm³/mol. The zero-order valence-corrected chi connectivity index (χ0v) is 18.0. The first-order chi connectivity index (χ1) is 13.7. The number of benzene rings is 2. The van der Waals surface area contributed by atoms with Gasteiger partial charge in [-0.15, -0.1) is 11.8 Å². The minimum absolute atomic E-state index is 0.0806. The van der Waals surface area contributed by atoms with Gasteiger partial charge >= 0.3 is 5.97 Å². The summed E-state index contributed by atoms with van der Waals surface area (Å²) in [6.45, 7) is 6.00.